The van der Waals surface area contributed by atoms with Crippen LogP contribution in [0.1, 0.15) is 0 Å². The number of hydrogen-bond acceptors (Lipinski definition) is 4. The molecule has 0 atom stereocenters. The Morgan fingerprint density at radius 2 is 2.00 bits per heavy atom. The Hall–Kier alpha value is -1.49. The molecule has 2 heterocycles. The van der Waals surface area contributed by atoms with Crippen LogP contribution in [0.2, 0.25) is 0 Å². The van der Waals surface area contributed by atoms with E-state index >= 15 is 0 Å². The van der Waals surface area contributed by atoms with E-state index in [-0.39, 0.29) is 5.03 Å². The second-order valence-corrected chi connectivity index (χ2v) is 4.92. The van der Waals surface area contributed by atoms with E-state index in [1.807, 2.05) is 0 Å². The Kier molecular flexibility index (Phi) is 1.96. The zero-order valence-electron chi connectivity index (χ0n) is 7.51. The van der Waals surface area contributed by atoms with E-state index in [0.29, 0.717) is 5.39 Å². The van der Waals surface area contributed by atoms with Gasteiger partial charge < -0.3 is 0 Å². The monoisotopic (exact) mass is 208 g/mol. The first-order chi connectivity index (χ1) is 6.59. The third-order valence-corrected chi connectivity index (χ3v) is 2.91. The molecule has 0 aliphatic carbocycles. The first-order valence-corrected chi connectivity index (χ1v) is 5.87. The number of fused-ring (bicyclic) bond motifs is 1. The van der Waals surface area contributed by atoms with Crippen LogP contribution in [0.4, 0.5) is 0 Å². The molecule has 2 rings (SSSR count). The molecule has 0 aromatic carbocycles. The molecule has 0 amide bonds. The average molecular weight is 208 g/mol. The molecule has 0 radical (unpaired) electrons. The summed E-state index contributed by atoms with van der Waals surface area (Å²) in [7, 11) is -3.27. The van der Waals surface area contributed by atoms with Crippen molar-refractivity contribution in [3.63, 3.8) is 0 Å². The van der Waals surface area contributed by atoms with Crippen LogP contribution in [0.3, 0.4) is 0 Å². The van der Waals surface area contributed by atoms with E-state index < -0.39 is 9.84 Å². The molecule has 0 saturated heterocycles. The summed E-state index contributed by atoms with van der Waals surface area (Å²) in [6.45, 7) is 0. The van der Waals surface area contributed by atoms with Crippen molar-refractivity contribution in [3.8, 4) is 0 Å². The zero-order chi connectivity index (χ0) is 10.2. The molecular formula is C9H8N2O2S. The lowest BCUT2D eigenvalue weighted by Crippen LogP contribution is -2.01. The minimum atomic E-state index is -3.27. The number of sulfone groups is 1. The molecule has 0 saturated carbocycles. The highest BCUT2D eigenvalue weighted by Gasteiger charge is 2.12. The van der Waals surface area contributed by atoms with Gasteiger partial charge in [0.15, 0.2) is 14.9 Å². The summed E-state index contributed by atoms with van der Waals surface area (Å²) >= 11 is 0. The van der Waals surface area contributed by atoms with Gasteiger partial charge in [0.05, 0.1) is 0 Å². The molecule has 2 aromatic heterocycles. The van der Waals surface area contributed by atoms with Crippen LogP contribution < -0.4 is 0 Å². The van der Waals surface area contributed by atoms with Gasteiger partial charge in [0, 0.05) is 35.6 Å². The first-order valence-electron chi connectivity index (χ1n) is 3.98. The maximum Gasteiger partial charge on any atom is 0.193 e. The molecule has 4 nitrogen and oxygen atoms in total. The van der Waals surface area contributed by atoms with Crippen molar-refractivity contribution in [2.24, 2.45) is 0 Å². The molecule has 0 spiro atoms. The predicted octanol–water partition coefficient (Wildman–Crippen LogP) is 1.03. The second-order valence-electron chi connectivity index (χ2n) is 2.99. The molecule has 0 aliphatic heterocycles. The van der Waals surface area contributed by atoms with Crippen LogP contribution in [-0.2, 0) is 9.84 Å². The second kappa shape index (κ2) is 3.02. The third-order valence-electron chi connectivity index (χ3n) is 1.88. The molecule has 14 heavy (non-hydrogen) atoms. The Labute approximate surface area is 81.5 Å². The highest BCUT2D eigenvalue weighted by Crippen LogP contribution is 2.18. The Balaban J connectivity index is 2.92. The van der Waals surface area contributed by atoms with E-state index in [9.17, 15) is 8.42 Å². The minimum Gasteiger partial charge on any atom is -0.264 e. The van der Waals surface area contributed by atoms with Crippen molar-refractivity contribution < 1.29 is 8.42 Å². The van der Waals surface area contributed by atoms with Gasteiger partial charge in [-0.3, -0.25) is 4.98 Å². The summed E-state index contributed by atoms with van der Waals surface area (Å²) in [4.78, 5) is 7.78. The topological polar surface area (TPSA) is 59.9 Å². The molecule has 72 valence electrons. The normalized spacial score (nSPS) is 11.8. The fourth-order valence-corrected chi connectivity index (χ4v) is 2.12. The summed E-state index contributed by atoms with van der Waals surface area (Å²) in [5, 5.41) is 1.50. The molecule has 0 bridgehead atoms. The third kappa shape index (κ3) is 1.46. The highest BCUT2D eigenvalue weighted by molar-refractivity contribution is 7.90. The van der Waals surface area contributed by atoms with E-state index in [2.05, 4.69) is 9.97 Å². The van der Waals surface area contributed by atoms with E-state index in [1.54, 1.807) is 24.5 Å². The molecule has 0 aliphatic rings. The molecule has 0 unspecified atom stereocenters. The lowest BCUT2D eigenvalue weighted by atomic mass is 10.2. The van der Waals surface area contributed by atoms with Gasteiger partial charge >= 0.3 is 0 Å². The summed E-state index contributed by atoms with van der Waals surface area (Å²) in [6, 6.07) is 3.38. The summed E-state index contributed by atoms with van der Waals surface area (Å²) < 4.78 is 22.7. The zero-order valence-corrected chi connectivity index (χ0v) is 8.32. The van der Waals surface area contributed by atoms with Gasteiger partial charge in [-0.1, -0.05) is 0 Å². The summed E-state index contributed by atoms with van der Waals surface area (Å²) in [6.07, 6.45) is 5.79. The van der Waals surface area contributed by atoms with Crippen LogP contribution in [0, 0.1) is 0 Å². The van der Waals surface area contributed by atoms with Crippen molar-refractivity contribution in [1.29, 1.82) is 0 Å². The van der Waals surface area contributed by atoms with Gasteiger partial charge in [-0.2, -0.15) is 0 Å². The highest BCUT2D eigenvalue weighted by atomic mass is 32.2. The average Bonchev–Trinajstić information content (AvgIpc) is 2.15. The van der Waals surface area contributed by atoms with Gasteiger partial charge in [0.25, 0.3) is 0 Å². The molecule has 5 heteroatoms. The van der Waals surface area contributed by atoms with Crippen LogP contribution in [0.5, 0.6) is 0 Å². The number of hydrogen-bond donors (Lipinski definition) is 0. The lowest BCUT2D eigenvalue weighted by Gasteiger charge is -2.01. The predicted molar refractivity (Wildman–Crippen MR) is 52.6 cm³/mol. The molecule has 0 fully saturated rings. The first kappa shape index (κ1) is 9.08. The number of nitrogens with zero attached hydrogens (tertiary/aromatic N) is 2. The van der Waals surface area contributed by atoms with E-state index in [4.69, 9.17) is 0 Å². The largest absolute Gasteiger partial charge is 0.264 e. The van der Waals surface area contributed by atoms with Gasteiger partial charge in [-0.25, -0.2) is 13.4 Å². The summed E-state index contributed by atoms with van der Waals surface area (Å²) in [5.74, 6) is 0. The molecule has 0 N–H and O–H groups in total. The fourth-order valence-electron chi connectivity index (χ4n) is 1.28. The van der Waals surface area contributed by atoms with Gasteiger partial charge in [-0.05, 0) is 12.1 Å². The maximum atomic E-state index is 11.4. The minimum absolute atomic E-state index is 0.109. The quantitative estimate of drug-likeness (QED) is 0.702. The van der Waals surface area contributed by atoms with Gasteiger partial charge in [0.1, 0.15) is 0 Å². The summed E-state index contributed by atoms with van der Waals surface area (Å²) in [5.41, 5.74) is 0. The smallest absolute Gasteiger partial charge is 0.193 e. The SMILES string of the molecule is CS(=O)(=O)c1nccc2cnccc12. The van der Waals surface area contributed by atoms with Crippen LogP contribution >= 0.6 is 0 Å². The number of pyridine rings is 2. The van der Waals surface area contributed by atoms with Crippen LogP contribution in [-0.4, -0.2) is 24.6 Å². The van der Waals surface area contributed by atoms with Crippen molar-refractivity contribution in [2.45, 2.75) is 5.03 Å². The van der Waals surface area contributed by atoms with Gasteiger partial charge in [-0.15, -0.1) is 0 Å². The van der Waals surface area contributed by atoms with Crippen molar-refractivity contribution in [2.75, 3.05) is 6.26 Å². The Bertz CT molecular complexity index is 573. The van der Waals surface area contributed by atoms with Crippen molar-refractivity contribution in [3.05, 3.63) is 30.7 Å². The maximum absolute atomic E-state index is 11.4. The van der Waals surface area contributed by atoms with Crippen LogP contribution in [0.25, 0.3) is 10.8 Å². The van der Waals surface area contributed by atoms with E-state index in [0.717, 1.165) is 11.6 Å². The standard InChI is InChI=1S/C9H8N2O2S/c1-14(12,13)9-8-3-4-10-6-7(8)2-5-11-9/h2-6H,1H3. The van der Waals surface area contributed by atoms with Crippen molar-refractivity contribution in [1.82, 2.24) is 9.97 Å². The molecular weight excluding hydrogens is 200 g/mol. The number of rotatable bonds is 1. The Morgan fingerprint density at radius 3 is 2.71 bits per heavy atom. The van der Waals surface area contributed by atoms with Crippen LogP contribution in [0.15, 0.2) is 35.7 Å². The Morgan fingerprint density at radius 1 is 1.21 bits per heavy atom. The van der Waals surface area contributed by atoms with Gasteiger partial charge in [0.2, 0.25) is 0 Å². The fraction of sp³-hybridized carbons (Fsp3) is 0.111. The lowest BCUT2D eigenvalue weighted by molar-refractivity contribution is 0.599. The van der Waals surface area contributed by atoms with E-state index in [1.165, 1.54) is 6.20 Å². The molecule has 2 aromatic rings. The number of aromatic nitrogens is 2. The van der Waals surface area contributed by atoms with Crippen molar-refractivity contribution >= 4 is 20.6 Å².